The fraction of sp³-hybridized carbons (Fsp3) is 0.200. The summed E-state index contributed by atoms with van der Waals surface area (Å²) < 4.78 is 1.14. The molecule has 0 unspecified atom stereocenters. The lowest BCUT2D eigenvalue weighted by molar-refractivity contribution is -0.119. The number of carboxylic acids is 1. The number of halogens is 1. The minimum atomic E-state index is -0.927. The Bertz CT molecular complexity index is 1060. The van der Waals surface area contributed by atoms with Crippen molar-refractivity contribution in [2.45, 2.75) is 33.9 Å². The number of hydrogen-bond acceptors (Lipinski definition) is 3. The number of carboxylic acid groups (broad SMARTS) is 1. The van der Waals surface area contributed by atoms with E-state index in [2.05, 4.69) is 34.2 Å². The molecule has 0 saturated carbocycles. The molecule has 0 bridgehead atoms. The van der Waals surface area contributed by atoms with Gasteiger partial charge in [-0.3, -0.25) is 4.79 Å². The number of carbonyl (C=O) groups excluding carboxylic acids is 1. The van der Waals surface area contributed by atoms with Gasteiger partial charge in [0.05, 0.1) is 5.56 Å². The molecule has 162 valence electrons. The van der Waals surface area contributed by atoms with Crippen LogP contribution in [0.15, 0.2) is 65.1 Å². The Morgan fingerprint density at radius 2 is 1.55 bits per heavy atom. The van der Waals surface area contributed by atoms with E-state index in [-0.39, 0.29) is 11.5 Å². The smallest absolute Gasteiger partial charge is 0.335 e. The van der Waals surface area contributed by atoms with E-state index in [0.29, 0.717) is 13.1 Å². The average Bonchev–Trinajstić information content (AvgIpc) is 2.75. The number of hydrogen-bond donors (Lipinski definition) is 3. The lowest BCUT2D eigenvalue weighted by Crippen LogP contribution is -2.18. The first-order chi connectivity index (χ1) is 14.7. The molecule has 5 nitrogen and oxygen atoms in total. The van der Waals surface area contributed by atoms with Crippen molar-refractivity contribution in [3.63, 3.8) is 0 Å². The highest BCUT2D eigenvalue weighted by Crippen LogP contribution is 2.24. The monoisotopic (exact) mass is 482 g/mol. The molecule has 0 saturated heterocycles. The van der Waals surface area contributed by atoms with E-state index < -0.39 is 5.97 Å². The van der Waals surface area contributed by atoms with Gasteiger partial charge < -0.3 is 16.2 Å². The van der Waals surface area contributed by atoms with Crippen molar-refractivity contribution < 1.29 is 14.7 Å². The topological polar surface area (TPSA) is 92.4 Å². The maximum absolute atomic E-state index is 10.9. The zero-order chi connectivity index (χ0) is 23.0. The van der Waals surface area contributed by atoms with Gasteiger partial charge in [0.1, 0.15) is 0 Å². The van der Waals surface area contributed by atoms with E-state index in [9.17, 15) is 9.59 Å². The Kier molecular flexibility index (Phi) is 8.97. The third kappa shape index (κ3) is 7.35. The van der Waals surface area contributed by atoms with Crippen LogP contribution in [0.25, 0.3) is 11.1 Å². The van der Waals surface area contributed by atoms with Gasteiger partial charge in [-0.2, -0.15) is 0 Å². The quantitative estimate of drug-likeness (QED) is 0.465. The molecule has 0 fully saturated rings. The molecule has 0 aromatic heterocycles. The summed E-state index contributed by atoms with van der Waals surface area (Å²) in [5, 5.41) is 11.7. The second-order valence-electron chi connectivity index (χ2n) is 7.23. The standard InChI is InChI=1S/C17H17NO3.C8H10BrN/c1-11-9-13(10-18-12(2)19)3-8-16(11)14-4-6-15(7-5-14)17(20)21;1-6-4-7(5-10)2-3-8(6)9/h3-9H,10H2,1-2H3,(H,18,19)(H,20,21);2-4H,5,10H2,1H3. The van der Waals surface area contributed by atoms with Gasteiger partial charge in [0.15, 0.2) is 0 Å². The summed E-state index contributed by atoms with van der Waals surface area (Å²) >= 11 is 3.42. The average molecular weight is 483 g/mol. The van der Waals surface area contributed by atoms with Gasteiger partial charge in [0.25, 0.3) is 0 Å². The molecule has 0 aliphatic heterocycles. The van der Waals surface area contributed by atoms with Crippen molar-refractivity contribution in [1.29, 1.82) is 0 Å². The Morgan fingerprint density at radius 3 is 2.06 bits per heavy atom. The molecule has 3 aromatic rings. The van der Waals surface area contributed by atoms with E-state index in [1.54, 1.807) is 24.3 Å². The number of rotatable bonds is 5. The molecule has 0 radical (unpaired) electrons. The highest BCUT2D eigenvalue weighted by atomic mass is 79.9. The van der Waals surface area contributed by atoms with E-state index >= 15 is 0 Å². The van der Waals surface area contributed by atoms with Gasteiger partial charge in [0.2, 0.25) is 5.91 Å². The van der Waals surface area contributed by atoms with Gasteiger partial charge in [-0.1, -0.05) is 58.4 Å². The van der Waals surface area contributed by atoms with Crippen LogP contribution in [0, 0.1) is 13.8 Å². The molecule has 1 amide bonds. The molecule has 3 aromatic carbocycles. The number of aryl methyl sites for hydroxylation is 2. The predicted octanol–water partition coefficient (Wildman–Crippen LogP) is 5.21. The molecule has 0 spiro atoms. The van der Waals surface area contributed by atoms with Gasteiger partial charge in [-0.05, 0) is 65.4 Å². The number of amides is 1. The van der Waals surface area contributed by atoms with E-state index in [1.807, 2.05) is 37.3 Å². The predicted molar refractivity (Wildman–Crippen MR) is 128 cm³/mol. The third-order valence-electron chi connectivity index (χ3n) is 4.73. The minimum Gasteiger partial charge on any atom is -0.478 e. The van der Waals surface area contributed by atoms with Gasteiger partial charge in [-0.15, -0.1) is 0 Å². The third-order valence-corrected chi connectivity index (χ3v) is 5.62. The van der Waals surface area contributed by atoms with Crippen LogP contribution in [-0.2, 0) is 17.9 Å². The summed E-state index contributed by atoms with van der Waals surface area (Å²) in [4.78, 5) is 21.8. The molecule has 31 heavy (non-hydrogen) atoms. The Morgan fingerprint density at radius 1 is 0.935 bits per heavy atom. The highest BCUT2D eigenvalue weighted by Gasteiger charge is 2.06. The maximum atomic E-state index is 10.9. The number of carbonyl (C=O) groups is 2. The molecule has 0 aliphatic rings. The van der Waals surface area contributed by atoms with Crippen molar-refractivity contribution in [3.8, 4) is 11.1 Å². The lowest BCUT2D eigenvalue weighted by Gasteiger charge is -2.09. The van der Waals surface area contributed by atoms with Gasteiger partial charge in [-0.25, -0.2) is 4.79 Å². The summed E-state index contributed by atoms with van der Waals surface area (Å²) in [5.74, 6) is -0.982. The summed E-state index contributed by atoms with van der Waals surface area (Å²) in [5.41, 5.74) is 12.3. The molecular weight excluding hydrogens is 456 g/mol. The Labute approximate surface area is 191 Å². The molecule has 4 N–H and O–H groups in total. The summed E-state index contributed by atoms with van der Waals surface area (Å²) in [6.07, 6.45) is 0. The number of aromatic carboxylic acids is 1. The fourth-order valence-electron chi connectivity index (χ4n) is 3.01. The zero-order valence-corrected chi connectivity index (χ0v) is 19.5. The lowest BCUT2D eigenvalue weighted by atomic mass is 9.97. The van der Waals surface area contributed by atoms with Crippen molar-refractivity contribution in [2.24, 2.45) is 5.73 Å². The molecule has 0 aliphatic carbocycles. The highest BCUT2D eigenvalue weighted by molar-refractivity contribution is 9.10. The van der Waals surface area contributed by atoms with Crippen molar-refractivity contribution in [3.05, 3.63) is 93.0 Å². The molecular formula is C25H27BrN2O3. The van der Waals surface area contributed by atoms with E-state index in [0.717, 1.165) is 26.7 Å². The van der Waals surface area contributed by atoms with Crippen molar-refractivity contribution in [1.82, 2.24) is 5.32 Å². The largest absolute Gasteiger partial charge is 0.478 e. The first kappa shape index (κ1) is 24.3. The van der Waals surface area contributed by atoms with Crippen LogP contribution in [-0.4, -0.2) is 17.0 Å². The Balaban J connectivity index is 0.000000285. The molecule has 3 rings (SSSR count). The molecule has 0 heterocycles. The first-order valence-corrected chi connectivity index (χ1v) is 10.6. The van der Waals surface area contributed by atoms with Crippen molar-refractivity contribution in [2.75, 3.05) is 0 Å². The van der Waals surface area contributed by atoms with Gasteiger partial charge >= 0.3 is 5.97 Å². The van der Waals surface area contributed by atoms with Crippen LogP contribution >= 0.6 is 15.9 Å². The zero-order valence-electron chi connectivity index (χ0n) is 17.9. The SMILES string of the molecule is CC(=O)NCc1ccc(-c2ccc(C(=O)O)cc2)c(C)c1.Cc1cc(CN)ccc1Br. The molecule has 0 atom stereocenters. The summed E-state index contributed by atoms with van der Waals surface area (Å²) in [7, 11) is 0. The van der Waals surface area contributed by atoms with Crippen LogP contribution in [0.5, 0.6) is 0 Å². The van der Waals surface area contributed by atoms with Crippen LogP contribution in [0.3, 0.4) is 0 Å². The van der Waals surface area contributed by atoms with Crippen molar-refractivity contribution >= 4 is 27.8 Å². The fourth-order valence-corrected chi connectivity index (χ4v) is 3.26. The molecule has 6 heteroatoms. The first-order valence-electron chi connectivity index (χ1n) is 9.84. The van der Waals surface area contributed by atoms with Crippen LogP contribution in [0.4, 0.5) is 0 Å². The Hall–Kier alpha value is -2.96. The number of nitrogens with two attached hydrogens (primary N) is 1. The summed E-state index contributed by atoms with van der Waals surface area (Å²) in [6.45, 7) is 6.68. The number of benzene rings is 3. The van der Waals surface area contributed by atoms with E-state index in [4.69, 9.17) is 10.8 Å². The van der Waals surface area contributed by atoms with Crippen LogP contribution in [0.2, 0.25) is 0 Å². The minimum absolute atomic E-state index is 0.0546. The second kappa shape index (κ2) is 11.4. The van der Waals surface area contributed by atoms with Crippen LogP contribution in [0.1, 0.15) is 39.5 Å². The van der Waals surface area contributed by atoms with Gasteiger partial charge in [0, 0.05) is 24.5 Å². The van der Waals surface area contributed by atoms with E-state index in [1.165, 1.54) is 18.1 Å². The normalized spacial score (nSPS) is 10.1. The number of nitrogens with one attached hydrogen (secondary N) is 1. The van der Waals surface area contributed by atoms with Crippen LogP contribution < -0.4 is 11.1 Å². The summed E-state index contributed by atoms with van der Waals surface area (Å²) in [6, 6.07) is 18.9. The second-order valence-corrected chi connectivity index (χ2v) is 8.08. The maximum Gasteiger partial charge on any atom is 0.335 e.